The molecule has 2 aromatic carbocycles. The minimum absolute atomic E-state index is 0.0351. The van der Waals surface area contributed by atoms with Crippen molar-refractivity contribution in [1.82, 2.24) is 0 Å². The summed E-state index contributed by atoms with van der Waals surface area (Å²) < 4.78 is 10.3. The van der Waals surface area contributed by atoms with Gasteiger partial charge in [0.05, 0.1) is 14.2 Å². The van der Waals surface area contributed by atoms with E-state index in [4.69, 9.17) is 9.47 Å². The van der Waals surface area contributed by atoms with E-state index in [1.165, 1.54) is 0 Å². The molecule has 0 bridgehead atoms. The zero-order chi connectivity index (χ0) is 19.9. The fourth-order valence-electron chi connectivity index (χ4n) is 3.50. The minimum atomic E-state index is -0.164. The van der Waals surface area contributed by atoms with Gasteiger partial charge >= 0.3 is 0 Å². The first-order chi connectivity index (χ1) is 13.6. The molecule has 2 atom stereocenters. The van der Waals surface area contributed by atoms with Gasteiger partial charge in [-0.25, -0.2) is 0 Å². The van der Waals surface area contributed by atoms with Gasteiger partial charge in [0.1, 0.15) is 11.5 Å². The number of anilines is 2. The normalized spacial score (nSPS) is 18.8. The van der Waals surface area contributed by atoms with Gasteiger partial charge in [0.15, 0.2) is 0 Å². The number of carbonyl (C=O) groups excluding carboxylic acids is 2. The molecule has 0 radical (unpaired) electrons. The number of benzene rings is 2. The average Bonchev–Trinajstić information content (AvgIpc) is 2.75. The standard InChI is InChI=1S/C22H26N2O4/c1-27-19-10-6-17(7-11-19)23-21(25)15-4-3-5-16(14-15)22(26)24-18-8-12-20(28-2)13-9-18/h6-13,15-16H,3-5,14H2,1-2H3,(H,23,25)(H,24,26)/t15-,16-/m1/s1. The zero-order valence-electron chi connectivity index (χ0n) is 16.2. The molecule has 0 unspecified atom stereocenters. The highest BCUT2D eigenvalue weighted by Crippen LogP contribution is 2.31. The predicted octanol–water partition coefficient (Wildman–Crippen LogP) is 4.09. The van der Waals surface area contributed by atoms with E-state index in [0.29, 0.717) is 6.42 Å². The van der Waals surface area contributed by atoms with Crippen LogP contribution in [0, 0.1) is 11.8 Å². The number of hydrogen-bond acceptors (Lipinski definition) is 4. The van der Waals surface area contributed by atoms with Crippen LogP contribution < -0.4 is 20.1 Å². The van der Waals surface area contributed by atoms with Crippen molar-refractivity contribution in [3.63, 3.8) is 0 Å². The van der Waals surface area contributed by atoms with E-state index in [1.54, 1.807) is 14.2 Å². The molecule has 2 amide bonds. The summed E-state index contributed by atoms with van der Waals surface area (Å²) >= 11 is 0. The van der Waals surface area contributed by atoms with Crippen LogP contribution in [0.5, 0.6) is 11.5 Å². The maximum absolute atomic E-state index is 12.6. The van der Waals surface area contributed by atoms with Crippen LogP contribution in [0.15, 0.2) is 48.5 Å². The van der Waals surface area contributed by atoms with Crippen LogP contribution in [0.25, 0.3) is 0 Å². The molecule has 0 aromatic heterocycles. The fourth-order valence-corrected chi connectivity index (χ4v) is 3.50. The zero-order valence-corrected chi connectivity index (χ0v) is 16.2. The highest BCUT2D eigenvalue weighted by molar-refractivity contribution is 5.95. The Morgan fingerprint density at radius 2 is 1.14 bits per heavy atom. The highest BCUT2D eigenvalue weighted by Gasteiger charge is 2.31. The van der Waals surface area contributed by atoms with E-state index < -0.39 is 0 Å². The molecule has 2 N–H and O–H groups in total. The van der Waals surface area contributed by atoms with E-state index >= 15 is 0 Å². The van der Waals surface area contributed by atoms with Crippen LogP contribution in [0.1, 0.15) is 25.7 Å². The van der Waals surface area contributed by atoms with Crippen molar-refractivity contribution in [2.75, 3.05) is 24.9 Å². The third-order valence-electron chi connectivity index (χ3n) is 5.13. The summed E-state index contributed by atoms with van der Waals surface area (Å²) in [5.74, 6) is 1.08. The first-order valence-electron chi connectivity index (χ1n) is 9.49. The molecule has 6 nitrogen and oxygen atoms in total. The van der Waals surface area contributed by atoms with Crippen LogP contribution in [0.3, 0.4) is 0 Å². The van der Waals surface area contributed by atoms with Crippen LogP contribution in [-0.2, 0) is 9.59 Å². The molecule has 0 aliphatic heterocycles. The van der Waals surface area contributed by atoms with Gasteiger partial charge in [0, 0.05) is 23.2 Å². The summed E-state index contributed by atoms with van der Waals surface area (Å²) in [5.41, 5.74) is 1.46. The van der Waals surface area contributed by atoms with Crippen molar-refractivity contribution in [2.24, 2.45) is 11.8 Å². The van der Waals surface area contributed by atoms with E-state index in [2.05, 4.69) is 10.6 Å². The Morgan fingerprint density at radius 1 is 0.750 bits per heavy atom. The van der Waals surface area contributed by atoms with Gasteiger partial charge in [-0.15, -0.1) is 0 Å². The van der Waals surface area contributed by atoms with Gasteiger partial charge < -0.3 is 20.1 Å². The third-order valence-corrected chi connectivity index (χ3v) is 5.13. The summed E-state index contributed by atoms with van der Waals surface area (Å²) in [7, 11) is 3.21. The number of carbonyl (C=O) groups is 2. The molecule has 1 saturated carbocycles. The number of nitrogens with one attached hydrogen (secondary N) is 2. The smallest absolute Gasteiger partial charge is 0.227 e. The number of amides is 2. The lowest BCUT2D eigenvalue weighted by molar-refractivity contribution is -0.124. The number of ether oxygens (including phenoxy) is 2. The topological polar surface area (TPSA) is 76.7 Å². The van der Waals surface area contributed by atoms with Crippen molar-refractivity contribution in [3.05, 3.63) is 48.5 Å². The van der Waals surface area contributed by atoms with Gasteiger partial charge in [-0.3, -0.25) is 9.59 Å². The first-order valence-corrected chi connectivity index (χ1v) is 9.49. The van der Waals surface area contributed by atoms with Crippen molar-refractivity contribution in [2.45, 2.75) is 25.7 Å². The van der Waals surface area contributed by atoms with E-state index in [9.17, 15) is 9.59 Å². The molecule has 2 aromatic rings. The molecule has 0 spiro atoms. The minimum Gasteiger partial charge on any atom is -0.497 e. The highest BCUT2D eigenvalue weighted by atomic mass is 16.5. The second-order valence-electron chi connectivity index (χ2n) is 7.00. The molecule has 1 aliphatic rings. The van der Waals surface area contributed by atoms with E-state index in [-0.39, 0.29) is 23.7 Å². The number of hydrogen-bond donors (Lipinski definition) is 2. The largest absolute Gasteiger partial charge is 0.497 e. The Kier molecular flexibility index (Phi) is 6.53. The maximum Gasteiger partial charge on any atom is 0.227 e. The molecule has 28 heavy (non-hydrogen) atoms. The predicted molar refractivity (Wildman–Crippen MR) is 109 cm³/mol. The molecule has 1 aliphatic carbocycles. The lowest BCUT2D eigenvalue weighted by atomic mass is 9.80. The van der Waals surface area contributed by atoms with Gasteiger partial charge in [0.2, 0.25) is 11.8 Å². The number of rotatable bonds is 6. The Balaban J connectivity index is 1.55. The van der Waals surface area contributed by atoms with Crippen molar-refractivity contribution in [1.29, 1.82) is 0 Å². The summed E-state index contributed by atoms with van der Waals surface area (Å²) in [5, 5.41) is 5.89. The SMILES string of the molecule is COc1ccc(NC(=O)[C@@H]2CCC[C@@H](C(=O)Nc3ccc(OC)cc3)C2)cc1. The number of methoxy groups -OCH3 is 2. The molecule has 1 fully saturated rings. The fraction of sp³-hybridized carbons (Fsp3) is 0.364. The molecule has 148 valence electrons. The Bertz CT molecular complexity index is 735. The van der Waals surface area contributed by atoms with Crippen LogP contribution >= 0.6 is 0 Å². The van der Waals surface area contributed by atoms with Crippen LogP contribution in [-0.4, -0.2) is 26.0 Å². The van der Waals surface area contributed by atoms with Crippen LogP contribution in [0.2, 0.25) is 0 Å². The van der Waals surface area contributed by atoms with E-state index in [1.807, 2.05) is 48.5 Å². The summed E-state index contributed by atoms with van der Waals surface area (Å²) in [4.78, 5) is 25.3. The second kappa shape index (κ2) is 9.26. The van der Waals surface area contributed by atoms with Crippen molar-refractivity contribution >= 4 is 23.2 Å². The quantitative estimate of drug-likeness (QED) is 0.789. The molecule has 3 rings (SSSR count). The Hall–Kier alpha value is -3.02. The maximum atomic E-state index is 12.6. The van der Waals surface area contributed by atoms with Gasteiger partial charge in [-0.2, -0.15) is 0 Å². The average molecular weight is 382 g/mol. The monoisotopic (exact) mass is 382 g/mol. The van der Waals surface area contributed by atoms with Gasteiger partial charge in [0.25, 0.3) is 0 Å². The summed E-state index contributed by atoms with van der Waals surface area (Å²) in [6, 6.07) is 14.5. The van der Waals surface area contributed by atoms with E-state index in [0.717, 1.165) is 42.1 Å². The molecular weight excluding hydrogens is 356 g/mol. The molecule has 0 heterocycles. The van der Waals surface area contributed by atoms with Gasteiger partial charge in [-0.05, 0) is 67.8 Å². The second-order valence-corrected chi connectivity index (χ2v) is 7.00. The third kappa shape index (κ3) is 5.03. The first kappa shape index (κ1) is 19.7. The van der Waals surface area contributed by atoms with Crippen molar-refractivity contribution < 1.29 is 19.1 Å². The van der Waals surface area contributed by atoms with Crippen LogP contribution in [0.4, 0.5) is 11.4 Å². The molecule has 0 saturated heterocycles. The molecular formula is C22H26N2O4. The Morgan fingerprint density at radius 3 is 1.50 bits per heavy atom. The summed E-state index contributed by atoms with van der Waals surface area (Å²) in [6.07, 6.45) is 3.02. The summed E-state index contributed by atoms with van der Waals surface area (Å²) in [6.45, 7) is 0. The lowest BCUT2D eigenvalue weighted by Crippen LogP contribution is -2.33. The molecule has 6 heteroatoms. The Labute approximate surface area is 165 Å². The van der Waals surface area contributed by atoms with Gasteiger partial charge in [-0.1, -0.05) is 6.42 Å². The van der Waals surface area contributed by atoms with Crippen molar-refractivity contribution in [3.8, 4) is 11.5 Å². The lowest BCUT2D eigenvalue weighted by Gasteiger charge is -2.27.